The Labute approximate surface area is 179 Å². The summed E-state index contributed by atoms with van der Waals surface area (Å²) in [6.45, 7) is 0. The molecule has 3 heterocycles. The van der Waals surface area contributed by atoms with Crippen molar-refractivity contribution in [2.45, 2.75) is 12.6 Å². The second kappa shape index (κ2) is 8.13. The van der Waals surface area contributed by atoms with E-state index in [1.54, 1.807) is 18.2 Å². The molecule has 164 valence electrons. The summed E-state index contributed by atoms with van der Waals surface area (Å²) in [4.78, 5) is 35.2. The minimum Gasteiger partial charge on any atom is -0.354 e. The number of alkyl halides is 3. The average Bonchev–Trinajstić information content (AvgIpc) is 3.12. The molecular weight excluding hydrogens is 427 g/mol. The van der Waals surface area contributed by atoms with Crippen LogP contribution in [-0.2, 0) is 17.4 Å². The first-order valence-corrected chi connectivity index (χ1v) is 9.32. The summed E-state index contributed by atoms with van der Waals surface area (Å²) in [5.41, 5.74) is 0.431. The third kappa shape index (κ3) is 4.29. The maximum Gasteiger partial charge on any atom is 0.419 e. The number of aromatic nitrogens is 3. The van der Waals surface area contributed by atoms with E-state index in [1.165, 1.54) is 19.4 Å². The summed E-state index contributed by atoms with van der Waals surface area (Å²) in [5.74, 6) is -0.769. The Hall–Kier alpha value is -4.22. The van der Waals surface area contributed by atoms with Gasteiger partial charge in [-0.1, -0.05) is 0 Å². The van der Waals surface area contributed by atoms with Crippen molar-refractivity contribution in [2.75, 3.05) is 23.0 Å². The van der Waals surface area contributed by atoms with Crippen LogP contribution in [0.5, 0.6) is 0 Å². The fourth-order valence-corrected chi connectivity index (χ4v) is 3.15. The highest BCUT2D eigenvalue weighted by Crippen LogP contribution is 2.37. The normalized spacial score (nSPS) is 12.7. The summed E-state index contributed by atoms with van der Waals surface area (Å²) in [5, 5.41) is 10.5. The van der Waals surface area contributed by atoms with E-state index >= 15 is 0 Å². The second-order valence-electron chi connectivity index (χ2n) is 6.79. The minimum atomic E-state index is -4.71. The Bertz CT molecular complexity index is 1210. The molecule has 12 heteroatoms. The van der Waals surface area contributed by atoms with Gasteiger partial charge in [-0.25, -0.2) is 15.0 Å². The fraction of sp³-hybridized carbons (Fsp3) is 0.150. The van der Waals surface area contributed by atoms with Gasteiger partial charge in [-0.2, -0.15) is 13.2 Å². The average molecular weight is 443 g/mol. The van der Waals surface area contributed by atoms with Crippen LogP contribution in [0.1, 0.15) is 21.6 Å². The van der Waals surface area contributed by atoms with Gasteiger partial charge < -0.3 is 21.3 Å². The molecule has 2 amide bonds. The number of carbonyl (C=O) groups excluding carboxylic acids is 2. The molecule has 0 aliphatic carbocycles. The standard InChI is InChI=1S/C20H16F3N7O2/c1-24-19(32)17-18(26-5-4-25-17)30-14-8-15(27-9-12(14)20(21,22)23)28-11-2-3-13-10(6-11)7-16(31)29-13/h2-6,8-9H,7H2,1H3,(H,24,32)(H,29,31)(H2,26,27,28,30). The number of amides is 2. The van der Waals surface area contributed by atoms with E-state index < -0.39 is 17.6 Å². The molecule has 0 unspecified atom stereocenters. The fourth-order valence-electron chi connectivity index (χ4n) is 3.15. The van der Waals surface area contributed by atoms with Gasteiger partial charge in [0.25, 0.3) is 5.91 Å². The van der Waals surface area contributed by atoms with E-state index in [2.05, 4.69) is 36.2 Å². The van der Waals surface area contributed by atoms with E-state index in [0.29, 0.717) is 17.6 Å². The molecule has 0 saturated heterocycles. The maximum absolute atomic E-state index is 13.6. The van der Waals surface area contributed by atoms with Crippen molar-refractivity contribution in [3.05, 3.63) is 59.7 Å². The number of nitrogens with one attached hydrogen (secondary N) is 4. The van der Waals surface area contributed by atoms with Gasteiger partial charge in [0, 0.05) is 43.1 Å². The van der Waals surface area contributed by atoms with Crippen molar-refractivity contribution in [3.63, 3.8) is 0 Å². The molecule has 0 saturated carbocycles. The Kier molecular flexibility index (Phi) is 5.34. The lowest BCUT2D eigenvalue weighted by Gasteiger charge is -2.16. The Morgan fingerprint density at radius 2 is 1.88 bits per heavy atom. The zero-order valence-corrected chi connectivity index (χ0v) is 16.5. The zero-order chi connectivity index (χ0) is 22.9. The van der Waals surface area contributed by atoms with Gasteiger partial charge in [-0.15, -0.1) is 0 Å². The van der Waals surface area contributed by atoms with Gasteiger partial charge in [-0.05, 0) is 23.8 Å². The molecule has 1 aliphatic rings. The van der Waals surface area contributed by atoms with Crippen LogP contribution in [0.25, 0.3) is 0 Å². The van der Waals surface area contributed by atoms with Crippen molar-refractivity contribution in [2.24, 2.45) is 0 Å². The molecule has 4 N–H and O–H groups in total. The summed E-state index contributed by atoms with van der Waals surface area (Å²) >= 11 is 0. The number of pyridine rings is 1. The predicted molar refractivity (Wildman–Crippen MR) is 110 cm³/mol. The number of hydrogen-bond acceptors (Lipinski definition) is 7. The van der Waals surface area contributed by atoms with Crippen molar-refractivity contribution >= 4 is 40.5 Å². The van der Waals surface area contributed by atoms with Crippen molar-refractivity contribution in [1.82, 2.24) is 20.3 Å². The van der Waals surface area contributed by atoms with Crippen LogP contribution in [0.4, 0.5) is 41.9 Å². The topological polar surface area (TPSA) is 121 Å². The Morgan fingerprint density at radius 1 is 1.09 bits per heavy atom. The quantitative estimate of drug-likeness (QED) is 0.478. The SMILES string of the molecule is CNC(=O)c1nccnc1Nc1cc(Nc2ccc3c(c2)CC(=O)N3)ncc1C(F)(F)F. The summed E-state index contributed by atoms with van der Waals surface area (Å²) in [6, 6.07) is 6.23. The maximum atomic E-state index is 13.6. The molecule has 0 bridgehead atoms. The smallest absolute Gasteiger partial charge is 0.354 e. The van der Waals surface area contributed by atoms with Crippen LogP contribution >= 0.6 is 0 Å². The van der Waals surface area contributed by atoms with E-state index in [0.717, 1.165) is 11.6 Å². The van der Waals surface area contributed by atoms with Crippen LogP contribution in [-0.4, -0.2) is 33.8 Å². The molecule has 32 heavy (non-hydrogen) atoms. The molecule has 2 aromatic heterocycles. The minimum absolute atomic E-state index is 0.114. The molecule has 1 aromatic carbocycles. The molecule has 4 rings (SSSR count). The van der Waals surface area contributed by atoms with E-state index in [1.807, 2.05) is 0 Å². The Morgan fingerprint density at radius 3 is 2.62 bits per heavy atom. The van der Waals surface area contributed by atoms with Crippen LogP contribution < -0.4 is 21.3 Å². The van der Waals surface area contributed by atoms with E-state index in [4.69, 9.17) is 0 Å². The van der Waals surface area contributed by atoms with Gasteiger partial charge in [0.2, 0.25) is 5.91 Å². The first-order valence-electron chi connectivity index (χ1n) is 9.32. The summed E-state index contributed by atoms with van der Waals surface area (Å²) in [6.07, 6.45) is -1.30. The van der Waals surface area contributed by atoms with Gasteiger partial charge in [-0.3, -0.25) is 9.59 Å². The number of carbonyl (C=O) groups is 2. The van der Waals surface area contributed by atoms with Gasteiger partial charge in [0.05, 0.1) is 17.7 Å². The van der Waals surface area contributed by atoms with E-state index in [-0.39, 0.29) is 35.3 Å². The van der Waals surface area contributed by atoms with Gasteiger partial charge >= 0.3 is 6.18 Å². The van der Waals surface area contributed by atoms with Crippen molar-refractivity contribution in [3.8, 4) is 0 Å². The molecule has 0 spiro atoms. The second-order valence-corrected chi connectivity index (χ2v) is 6.79. The first kappa shape index (κ1) is 21.0. The lowest BCUT2D eigenvalue weighted by atomic mass is 10.1. The number of hydrogen-bond donors (Lipinski definition) is 4. The monoisotopic (exact) mass is 443 g/mol. The zero-order valence-electron chi connectivity index (χ0n) is 16.5. The van der Waals surface area contributed by atoms with Gasteiger partial charge in [0.1, 0.15) is 5.82 Å². The summed E-state index contributed by atoms with van der Waals surface area (Å²) < 4.78 is 40.7. The van der Waals surface area contributed by atoms with Crippen LogP contribution in [0.2, 0.25) is 0 Å². The summed E-state index contributed by atoms with van der Waals surface area (Å²) in [7, 11) is 1.37. The predicted octanol–water partition coefficient (Wildman–Crippen LogP) is 3.23. The largest absolute Gasteiger partial charge is 0.419 e. The van der Waals surface area contributed by atoms with Crippen molar-refractivity contribution in [1.29, 1.82) is 0 Å². The lowest BCUT2D eigenvalue weighted by Crippen LogP contribution is -2.21. The first-order chi connectivity index (χ1) is 15.2. The van der Waals surface area contributed by atoms with Gasteiger partial charge in [0.15, 0.2) is 11.5 Å². The number of halogens is 3. The molecule has 3 aromatic rings. The number of rotatable bonds is 5. The number of nitrogens with zero attached hydrogens (tertiary/aromatic N) is 3. The highest BCUT2D eigenvalue weighted by molar-refractivity contribution is 5.99. The van der Waals surface area contributed by atoms with Crippen molar-refractivity contribution < 1.29 is 22.8 Å². The van der Waals surface area contributed by atoms with Crippen LogP contribution in [0.15, 0.2) is 42.9 Å². The third-order valence-corrected chi connectivity index (χ3v) is 4.61. The molecule has 0 fully saturated rings. The molecule has 1 aliphatic heterocycles. The highest BCUT2D eigenvalue weighted by atomic mass is 19.4. The van der Waals surface area contributed by atoms with E-state index in [9.17, 15) is 22.8 Å². The molecule has 9 nitrogen and oxygen atoms in total. The number of anilines is 5. The van der Waals surface area contributed by atoms with Crippen LogP contribution in [0, 0.1) is 0 Å². The lowest BCUT2D eigenvalue weighted by molar-refractivity contribution is -0.137. The molecular formula is C20H16F3N7O2. The third-order valence-electron chi connectivity index (χ3n) is 4.61. The number of fused-ring (bicyclic) bond motifs is 1. The Balaban J connectivity index is 1.68. The molecule has 0 atom stereocenters. The number of benzene rings is 1. The highest BCUT2D eigenvalue weighted by Gasteiger charge is 2.35. The van der Waals surface area contributed by atoms with Crippen LogP contribution in [0.3, 0.4) is 0 Å². The molecule has 0 radical (unpaired) electrons.